The Balaban J connectivity index is 2.15. The van der Waals surface area contributed by atoms with E-state index in [0.717, 1.165) is 17.5 Å². The Morgan fingerprint density at radius 1 is 1.48 bits per heavy atom. The van der Waals surface area contributed by atoms with Crippen LogP contribution in [0.1, 0.15) is 34.8 Å². The number of aliphatic hydroxyl groups is 2. The lowest BCUT2D eigenvalue weighted by atomic mass is 9.95. The fourth-order valence-electron chi connectivity index (χ4n) is 2.49. The van der Waals surface area contributed by atoms with Crippen LogP contribution in [-0.2, 0) is 0 Å². The van der Waals surface area contributed by atoms with E-state index in [4.69, 9.17) is 5.11 Å². The van der Waals surface area contributed by atoms with Gasteiger partial charge in [0.2, 0.25) is 0 Å². The van der Waals surface area contributed by atoms with Gasteiger partial charge in [-0.2, -0.15) is 0 Å². The van der Waals surface area contributed by atoms with E-state index in [0.29, 0.717) is 18.7 Å². The first-order valence-corrected chi connectivity index (χ1v) is 7.20. The predicted octanol–water partition coefficient (Wildman–Crippen LogP) is 1.18. The van der Waals surface area contributed by atoms with Gasteiger partial charge in [-0.1, -0.05) is 18.8 Å². The third-order valence-corrected chi connectivity index (χ3v) is 3.98. The number of hydrogen-bond donors (Lipinski definition) is 2. The van der Waals surface area contributed by atoms with Gasteiger partial charge in [-0.05, 0) is 43.0 Å². The quantitative estimate of drug-likeness (QED) is 0.763. The number of hydrogen-bond acceptors (Lipinski definition) is 3. The molecule has 2 unspecified atom stereocenters. The summed E-state index contributed by atoms with van der Waals surface area (Å²) in [6.45, 7) is 4.80. The number of amides is 1. The molecule has 4 nitrogen and oxygen atoms in total. The van der Waals surface area contributed by atoms with E-state index in [1.807, 2.05) is 19.9 Å². The first kappa shape index (κ1) is 15.6. The second kappa shape index (κ2) is 6.75. The normalized spacial score (nSPS) is 21.6. The Kier molecular flexibility index (Phi) is 5.00. The number of carbonyl (C=O) groups excluding carboxylic acids is 1. The van der Waals surface area contributed by atoms with Gasteiger partial charge in [-0.25, -0.2) is 0 Å². The van der Waals surface area contributed by atoms with Gasteiger partial charge in [0.25, 0.3) is 5.91 Å². The van der Waals surface area contributed by atoms with Crippen LogP contribution < -0.4 is 0 Å². The summed E-state index contributed by atoms with van der Waals surface area (Å²) in [5.41, 5.74) is 2.34. The highest BCUT2D eigenvalue weighted by atomic mass is 16.3. The average molecular weight is 287 g/mol. The largest absolute Gasteiger partial charge is 0.391 e. The van der Waals surface area contributed by atoms with E-state index in [9.17, 15) is 9.90 Å². The van der Waals surface area contributed by atoms with Crippen LogP contribution in [0.15, 0.2) is 18.2 Å². The molecule has 2 atom stereocenters. The van der Waals surface area contributed by atoms with E-state index in [2.05, 4.69) is 11.8 Å². The first-order valence-electron chi connectivity index (χ1n) is 7.20. The molecule has 1 saturated heterocycles. The maximum atomic E-state index is 12.5. The third kappa shape index (κ3) is 3.63. The lowest BCUT2D eigenvalue weighted by Gasteiger charge is -2.34. The number of benzene rings is 1. The lowest BCUT2D eigenvalue weighted by Crippen LogP contribution is -2.45. The molecule has 1 aliphatic rings. The van der Waals surface area contributed by atoms with Crippen LogP contribution in [0.3, 0.4) is 0 Å². The minimum Gasteiger partial charge on any atom is -0.391 e. The molecule has 0 radical (unpaired) electrons. The van der Waals surface area contributed by atoms with Gasteiger partial charge in [0.15, 0.2) is 0 Å². The molecule has 1 aromatic rings. The van der Waals surface area contributed by atoms with Gasteiger partial charge >= 0.3 is 0 Å². The summed E-state index contributed by atoms with van der Waals surface area (Å²) < 4.78 is 0. The summed E-state index contributed by atoms with van der Waals surface area (Å²) in [6.07, 6.45) is 0.380. The second-order valence-corrected chi connectivity index (χ2v) is 5.57. The van der Waals surface area contributed by atoms with Crippen molar-refractivity contribution in [2.24, 2.45) is 5.92 Å². The van der Waals surface area contributed by atoms with Crippen LogP contribution in [0, 0.1) is 24.7 Å². The maximum absolute atomic E-state index is 12.5. The summed E-state index contributed by atoms with van der Waals surface area (Å²) in [5.74, 6) is 5.65. The number of carbonyl (C=O) groups is 1. The van der Waals surface area contributed by atoms with Gasteiger partial charge in [0, 0.05) is 24.2 Å². The molecule has 1 aliphatic heterocycles. The summed E-state index contributed by atoms with van der Waals surface area (Å²) in [4.78, 5) is 14.2. The van der Waals surface area contributed by atoms with Crippen molar-refractivity contribution >= 4 is 5.91 Å². The predicted molar refractivity (Wildman–Crippen MR) is 80.8 cm³/mol. The van der Waals surface area contributed by atoms with Crippen LogP contribution in [0.4, 0.5) is 0 Å². The fraction of sp³-hybridized carbons (Fsp3) is 0.471. The number of β-amino-alcohol motifs (C(OH)–C–C–N with tert-alkyl or cyclic N) is 1. The molecule has 1 amide bonds. The van der Waals surface area contributed by atoms with Gasteiger partial charge in [0.1, 0.15) is 6.61 Å². The highest BCUT2D eigenvalue weighted by Crippen LogP contribution is 2.20. The van der Waals surface area contributed by atoms with Crippen LogP contribution in [0.25, 0.3) is 0 Å². The molecule has 2 N–H and O–H groups in total. The molecule has 0 spiro atoms. The Hall–Kier alpha value is -1.83. The Morgan fingerprint density at radius 3 is 2.86 bits per heavy atom. The van der Waals surface area contributed by atoms with Crippen molar-refractivity contribution in [3.8, 4) is 11.8 Å². The van der Waals surface area contributed by atoms with E-state index in [1.165, 1.54) is 0 Å². The summed E-state index contributed by atoms with van der Waals surface area (Å²) >= 11 is 0. The SMILES string of the molecule is Cc1cc(C(=O)N2CCC(C)C(O)C2)ccc1C#CCO. The van der Waals surface area contributed by atoms with Gasteiger partial charge in [-0.3, -0.25) is 4.79 Å². The molecular formula is C17H21NO3. The van der Waals surface area contributed by atoms with Crippen molar-refractivity contribution in [2.45, 2.75) is 26.4 Å². The Morgan fingerprint density at radius 2 is 2.24 bits per heavy atom. The summed E-state index contributed by atoms with van der Waals surface area (Å²) in [5, 5.41) is 18.6. The van der Waals surface area contributed by atoms with E-state index in [-0.39, 0.29) is 18.4 Å². The smallest absolute Gasteiger partial charge is 0.253 e. The summed E-state index contributed by atoms with van der Waals surface area (Å²) in [7, 11) is 0. The maximum Gasteiger partial charge on any atom is 0.253 e. The zero-order chi connectivity index (χ0) is 15.4. The topological polar surface area (TPSA) is 60.8 Å². The second-order valence-electron chi connectivity index (χ2n) is 5.57. The molecule has 0 bridgehead atoms. The Labute approximate surface area is 125 Å². The molecule has 2 rings (SSSR count). The molecular weight excluding hydrogens is 266 g/mol. The zero-order valence-corrected chi connectivity index (χ0v) is 12.5. The number of aliphatic hydroxyl groups excluding tert-OH is 2. The minimum absolute atomic E-state index is 0.0503. The van der Waals surface area contributed by atoms with Crippen LogP contribution in [0.2, 0.25) is 0 Å². The first-order chi connectivity index (χ1) is 10.0. The van der Waals surface area contributed by atoms with E-state index >= 15 is 0 Å². The van der Waals surface area contributed by atoms with Crippen LogP contribution >= 0.6 is 0 Å². The number of rotatable bonds is 1. The number of nitrogens with zero attached hydrogens (tertiary/aromatic N) is 1. The van der Waals surface area contributed by atoms with Crippen LogP contribution in [0.5, 0.6) is 0 Å². The van der Waals surface area contributed by atoms with Crippen molar-refractivity contribution in [2.75, 3.05) is 19.7 Å². The monoisotopic (exact) mass is 287 g/mol. The van der Waals surface area contributed by atoms with Gasteiger partial charge < -0.3 is 15.1 Å². The van der Waals surface area contributed by atoms with Crippen molar-refractivity contribution < 1.29 is 15.0 Å². The lowest BCUT2D eigenvalue weighted by molar-refractivity contribution is 0.0248. The zero-order valence-electron chi connectivity index (χ0n) is 12.5. The number of aryl methyl sites for hydroxylation is 1. The van der Waals surface area contributed by atoms with Crippen molar-refractivity contribution in [1.82, 2.24) is 4.90 Å². The third-order valence-electron chi connectivity index (χ3n) is 3.98. The van der Waals surface area contributed by atoms with Crippen molar-refractivity contribution in [3.05, 3.63) is 34.9 Å². The van der Waals surface area contributed by atoms with E-state index < -0.39 is 6.10 Å². The number of likely N-dealkylation sites (tertiary alicyclic amines) is 1. The fourth-order valence-corrected chi connectivity index (χ4v) is 2.49. The molecule has 0 saturated carbocycles. The molecule has 1 heterocycles. The van der Waals surface area contributed by atoms with Gasteiger partial charge in [-0.15, -0.1) is 0 Å². The van der Waals surface area contributed by atoms with Gasteiger partial charge in [0.05, 0.1) is 6.10 Å². The average Bonchev–Trinajstić information content (AvgIpc) is 2.48. The molecule has 4 heteroatoms. The molecule has 0 aliphatic carbocycles. The van der Waals surface area contributed by atoms with E-state index in [1.54, 1.807) is 17.0 Å². The highest BCUT2D eigenvalue weighted by molar-refractivity contribution is 5.94. The molecule has 112 valence electrons. The van der Waals surface area contributed by atoms with Crippen molar-refractivity contribution in [1.29, 1.82) is 0 Å². The molecule has 0 aromatic heterocycles. The minimum atomic E-state index is -0.446. The van der Waals surface area contributed by atoms with Crippen LogP contribution in [-0.4, -0.2) is 46.8 Å². The molecule has 21 heavy (non-hydrogen) atoms. The summed E-state index contributed by atoms with van der Waals surface area (Å²) in [6, 6.07) is 5.36. The molecule has 1 fully saturated rings. The highest BCUT2D eigenvalue weighted by Gasteiger charge is 2.27. The van der Waals surface area contributed by atoms with Crippen molar-refractivity contribution in [3.63, 3.8) is 0 Å². The Bertz CT molecular complexity index is 585. The standard InChI is InChI=1S/C17H21NO3/c1-12-7-8-18(11-16(12)20)17(21)15-6-5-14(4-3-9-19)13(2)10-15/h5-6,10,12,16,19-20H,7-9,11H2,1-2H3. The molecule has 1 aromatic carbocycles. The number of piperidine rings is 1.